The molecule has 0 spiro atoms. The molecule has 106 valence electrons. The summed E-state index contributed by atoms with van der Waals surface area (Å²) in [6, 6.07) is 3.09. The number of hydrogen-bond acceptors (Lipinski definition) is 4. The Morgan fingerprint density at radius 2 is 2.00 bits per heavy atom. The van der Waals surface area contributed by atoms with E-state index in [1.54, 1.807) is 0 Å². The average Bonchev–Trinajstić information content (AvgIpc) is 2.36. The highest BCUT2D eigenvalue weighted by molar-refractivity contribution is 9.11. The van der Waals surface area contributed by atoms with Crippen molar-refractivity contribution in [1.82, 2.24) is 9.97 Å². The van der Waals surface area contributed by atoms with E-state index < -0.39 is 15.8 Å². The van der Waals surface area contributed by atoms with Crippen LogP contribution in [0.3, 0.4) is 0 Å². The number of rotatable bonds is 3. The van der Waals surface area contributed by atoms with Gasteiger partial charge in [0.25, 0.3) is 10.0 Å². The lowest BCUT2D eigenvalue weighted by Gasteiger charge is -2.09. The van der Waals surface area contributed by atoms with E-state index in [2.05, 4.69) is 46.5 Å². The standard InChI is InChI=1S/C10H5Br2ClFN3O2S/c11-8-4-15-10(9(12)16-8)17-20(18,19)5-1-2-7(14)6(13)3-5/h1-4H,(H,15,17). The lowest BCUT2D eigenvalue weighted by Crippen LogP contribution is -2.15. The van der Waals surface area contributed by atoms with Gasteiger partial charge in [-0.1, -0.05) is 11.6 Å². The molecule has 0 amide bonds. The maximum Gasteiger partial charge on any atom is 0.263 e. The van der Waals surface area contributed by atoms with E-state index in [0.717, 1.165) is 18.2 Å². The Morgan fingerprint density at radius 1 is 1.30 bits per heavy atom. The Labute approximate surface area is 135 Å². The summed E-state index contributed by atoms with van der Waals surface area (Å²) in [6.07, 6.45) is 1.33. The first-order chi connectivity index (χ1) is 9.29. The molecule has 1 heterocycles. The van der Waals surface area contributed by atoms with Crippen molar-refractivity contribution in [2.24, 2.45) is 0 Å². The molecule has 10 heteroatoms. The van der Waals surface area contributed by atoms with Gasteiger partial charge in [-0.2, -0.15) is 0 Å². The summed E-state index contributed by atoms with van der Waals surface area (Å²) in [5, 5.41) is -0.283. The Hall–Kier alpha value is -0.770. The van der Waals surface area contributed by atoms with E-state index in [1.807, 2.05) is 0 Å². The number of nitrogens with one attached hydrogen (secondary N) is 1. The predicted molar refractivity (Wildman–Crippen MR) is 79.7 cm³/mol. The third-order valence-corrected chi connectivity index (χ3v) is 4.69. The van der Waals surface area contributed by atoms with Gasteiger partial charge in [-0.15, -0.1) is 0 Å². The molecule has 2 rings (SSSR count). The maximum atomic E-state index is 13.0. The summed E-state index contributed by atoms with van der Waals surface area (Å²) in [5.74, 6) is -0.691. The molecule has 0 bridgehead atoms. The van der Waals surface area contributed by atoms with Crippen molar-refractivity contribution >= 4 is 59.3 Å². The molecular weight excluding hydrogens is 440 g/mol. The summed E-state index contributed by atoms with van der Waals surface area (Å²) >= 11 is 11.7. The second kappa shape index (κ2) is 5.92. The van der Waals surface area contributed by atoms with Gasteiger partial charge in [0, 0.05) is 0 Å². The molecular formula is C10H5Br2ClFN3O2S. The van der Waals surface area contributed by atoms with Crippen LogP contribution < -0.4 is 4.72 Å². The van der Waals surface area contributed by atoms with Crippen molar-refractivity contribution in [1.29, 1.82) is 0 Å². The number of anilines is 1. The number of benzene rings is 1. The van der Waals surface area contributed by atoms with Gasteiger partial charge in [-0.3, -0.25) is 4.72 Å². The molecule has 0 aliphatic rings. The van der Waals surface area contributed by atoms with Crippen LogP contribution in [0.15, 0.2) is 38.5 Å². The third-order valence-electron chi connectivity index (χ3n) is 2.13. The fourth-order valence-electron chi connectivity index (χ4n) is 1.25. The van der Waals surface area contributed by atoms with E-state index in [0.29, 0.717) is 4.60 Å². The molecule has 1 aromatic heterocycles. The van der Waals surface area contributed by atoms with Gasteiger partial charge < -0.3 is 0 Å². The summed E-state index contributed by atoms with van der Waals surface area (Å²) in [6.45, 7) is 0. The minimum Gasteiger partial charge on any atom is -0.261 e. The quantitative estimate of drug-likeness (QED) is 0.784. The van der Waals surface area contributed by atoms with Crippen LogP contribution in [0.25, 0.3) is 0 Å². The van der Waals surface area contributed by atoms with Crippen molar-refractivity contribution in [2.75, 3.05) is 4.72 Å². The third kappa shape index (κ3) is 3.46. The molecule has 1 N–H and O–H groups in total. The topological polar surface area (TPSA) is 72.0 Å². The van der Waals surface area contributed by atoms with Crippen LogP contribution in [0.4, 0.5) is 10.2 Å². The molecule has 20 heavy (non-hydrogen) atoms. The fourth-order valence-corrected chi connectivity index (χ4v) is 3.57. The van der Waals surface area contributed by atoms with E-state index in [4.69, 9.17) is 11.6 Å². The maximum absolute atomic E-state index is 13.0. The SMILES string of the molecule is O=S(=O)(Nc1ncc(Br)nc1Br)c1ccc(F)c(Cl)c1. The molecule has 0 saturated heterocycles. The zero-order valence-corrected chi connectivity index (χ0v) is 14.2. The lowest BCUT2D eigenvalue weighted by molar-refractivity contribution is 0.599. The molecule has 1 aromatic carbocycles. The van der Waals surface area contributed by atoms with Crippen molar-refractivity contribution in [3.63, 3.8) is 0 Å². The fraction of sp³-hybridized carbons (Fsp3) is 0. The number of sulfonamides is 1. The predicted octanol–water partition coefficient (Wildman–Crippen LogP) is 3.59. The summed E-state index contributed by atoms with van der Waals surface area (Å²) < 4.78 is 40.1. The van der Waals surface area contributed by atoms with Gasteiger partial charge in [0.2, 0.25) is 0 Å². The molecule has 0 aliphatic carbocycles. The van der Waals surface area contributed by atoms with Gasteiger partial charge >= 0.3 is 0 Å². The highest BCUT2D eigenvalue weighted by Crippen LogP contribution is 2.24. The van der Waals surface area contributed by atoms with E-state index in [9.17, 15) is 12.8 Å². The second-order valence-corrected chi connectivity index (χ2v) is 7.17. The van der Waals surface area contributed by atoms with Gasteiger partial charge in [-0.05, 0) is 50.1 Å². The molecule has 0 saturated carbocycles. The van der Waals surface area contributed by atoms with Gasteiger partial charge in [0.05, 0.1) is 16.1 Å². The number of nitrogens with zero attached hydrogens (tertiary/aromatic N) is 2. The lowest BCUT2D eigenvalue weighted by atomic mass is 10.3. The zero-order chi connectivity index (χ0) is 14.9. The van der Waals surface area contributed by atoms with Crippen molar-refractivity contribution < 1.29 is 12.8 Å². The first kappa shape index (κ1) is 15.6. The van der Waals surface area contributed by atoms with Crippen LogP contribution in [0.1, 0.15) is 0 Å². The summed E-state index contributed by atoms with van der Waals surface area (Å²) in [4.78, 5) is 7.64. The minimum absolute atomic E-state index is 0.00801. The molecule has 0 fully saturated rings. The largest absolute Gasteiger partial charge is 0.263 e. The number of halogens is 4. The van der Waals surface area contributed by atoms with Crippen LogP contribution in [-0.2, 0) is 10.0 Å². The summed E-state index contributed by atoms with van der Waals surface area (Å²) in [7, 11) is -3.94. The van der Waals surface area contributed by atoms with Gasteiger partial charge in [0.1, 0.15) is 10.4 Å². The summed E-state index contributed by atoms with van der Waals surface area (Å²) in [5.41, 5.74) is 0. The Bertz CT molecular complexity index is 773. The smallest absolute Gasteiger partial charge is 0.261 e. The van der Waals surface area contributed by atoms with Crippen LogP contribution in [0.2, 0.25) is 5.02 Å². The highest BCUT2D eigenvalue weighted by Gasteiger charge is 2.18. The average molecular weight is 445 g/mol. The van der Waals surface area contributed by atoms with Crippen LogP contribution in [0.5, 0.6) is 0 Å². The van der Waals surface area contributed by atoms with Crippen molar-refractivity contribution in [2.45, 2.75) is 4.90 Å². The van der Waals surface area contributed by atoms with E-state index in [-0.39, 0.29) is 20.3 Å². The van der Waals surface area contributed by atoms with Gasteiger partial charge in [0.15, 0.2) is 10.4 Å². The highest BCUT2D eigenvalue weighted by atomic mass is 79.9. The minimum atomic E-state index is -3.94. The molecule has 0 atom stereocenters. The number of hydrogen-bond donors (Lipinski definition) is 1. The normalized spacial score (nSPS) is 11.4. The first-order valence-electron chi connectivity index (χ1n) is 4.95. The molecule has 0 aliphatic heterocycles. The van der Waals surface area contributed by atoms with Crippen LogP contribution in [0, 0.1) is 5.82 Å². The first-order valence-corrected chi connectivity index (χ1v) is 8.40. The van der Waals surface area contributed by atoms with Crippen LogP contribution >= 0.6 is 43.5 Å². The number of aromatic nitrogens is 2. The second-order valence-electron chi connectivity index (χ2n) is 3.51. The Kier molecular flexibility index (Phi) is 4.62. The Balaban J connectivity index is 2.38. The van der Waals surface area contributed by atoms with E-state index in [1.165, 1.54) is 6.20 Å². The molecule has 5 nitrogen and oxygen atoms in total. The molecule has 0 radical (unpaired) electrons. The monoisotopic (exact) mass is 443 g/mol. The zero-order valence-electron chi connectivity index (χ0n) is 9.44. The van der Waals surface area contributed by atoms with Crippen molar-refractivity contribution in [3.05, 3.63) is 44.4 Å². The van der Waals surface area contributed by atoms with Gasteiger partial charge in [-0.25, -0.2) is 22.8 Å². The Morgan fingerprint density at radius 3 is 2.60 bits per heavy atom. The van der Waals surface area contributed by atoms with Crippen LogP contribution in [-0.4, -0.2) is 18.4 Å². The van der Waals surface area contributed by atoms with Crippen molar-refractivity contribution in [3.8, 4) is 0 Å². The molecule has 0 unspecified atom stereocenters. The van der Waals surface area contributed by atoms with E-state index >= 15 is 0 Å². The molecule has 2 aromatic rings.